The van der Waals surface area contributed by atoms with E-state index in [9.17, 15) is 4.79 Å². The number of carbonyl (C=O) groups is 1. The number of hydrogen-bond acceptors (Lipinski definition) is 4. The number of ketones is 1. The van der Waals surface area contributed by atoms with Crippen LogP contribution in [0.15, 0.2) is 0 Å². The summed E-state index contributed by atoms with van der Waals surface area (Å²) >= 11 is 0. The Hall–Kier alpha value is -0.450. The molecule has 4 heteroatoms. The lowest BCUT2D eigenvalue weighted by Gasteiger charge is -2.47. The highest BCUT2D eigenvalue weighted by Gasteiger charge is 2.56. The Bertz CT molecular complexity index is 239. The molecule has 14 heavy (non-hydrogen) atoms. The maximum Gasteiger partial charge on any atom is 0.179 e. The second kappa shape index (κ2) is 3.02. The first-order chi connectivity index (χ1) is 6.81. The van der Waals surface area contributed by atoms with Crippen LogP contribution in [0.4, 0.5) is 0 Å². The third kappa shape index (κ3) is 1.08. The standard InChI is InChI=1S/C10H14O4/c11-9-3-7-5-12-6-8(4-9)10(7)13-1-2-14-10/h7-8H,1-6H2. The monoisotopic (exact) mass is 198 g/mol. The molecule has 2 heterocycles. The molecule has 1 spiro atoms. The SMILES string of the molecule is O=C1CC2COCC(C1)C21OCCO1. The maximum atomic E-state index is 11.5. The summed E-state index contributed by atoms with van der Waals surface area (Å²) in [5, 5.41) is 0. The van der Waals surface area contributed by atoms with Crippen LogP contribution in [0, 0.1) is 11.8 Å². The minimum atomic E-state index is -0.480. The third-order valence-electron chi connectivity index (χ3n) is 3.46. The van der Waals surface area contributed by atoms with Crippen molar-refractivity contribution in [2.75, 3.05) is 26.4 Å². The zero-order valence-corrected chi connectivity index (χ0v) is 8.03. The van der Waals surface area contributed by atoms with E-state index in [4.69, 9.17) is 14.2 Å². The molecule has 0 radical (unpaired) electrons. The molecule has 2 atom stereocenters. The van der Waals surface area contributed by atoms with Crippen molar-refractivity contribution in [3.05, 3.63) is 0 Å². The summed E-state index contributed by atoms with van der Waals surface area (Å²) in [7, 11) is 0. The highest BCUT2D eigenvalue weighted by molar-refractivity contribution is 5.80. The number of carbonyl (C=O) groups excluding carboxylic acids is 1. The van der Waals surface area contributed by atoms with E-state index in [-0.39, 0.29) is 11.8 Å². The quantitative estimate of drug-likeness (QED) is 0.563. The summed E-state index contributed by atoms with van der Waals surface area (Å²) in [6.45, 7) is 2.51. The number of Topliss-reactive ketones (excluding diaryl/α,β-unsaturated/α-hetero) is 1. The van der Waals surface area contributed by atoms with E-state index < -0.39 is 5.79 Å². The molecule has 4 nitrogen and oxygen atoms in total. The maximum absolute atomic E-state index is 11.5. The molecular weight excluding hydrogens is 184 g/mol. The van der Waals surface area contributed by atoms with Gasteiger partial charge in [-0.1, -0.05) is 0 Å². The Morgan fingerprint density at radius 3 is 2.21 bits per heavy atom. The number of hydrogen-bond donors (Lipinski definition) is 0. The minimum Gasteiger partial charge on any atom is -0.380 e. The Kier molecular flexibility index (Phi) is 1.90. The molecule has 78 valence electrons. The second-order valence-corrected chi connectivity index (χ2v) is 4.30. The Morgan fingerprint density at radius 2 is 1.64 bits per heavy atom. The van der Waals surface area contributed by atoms with Crippen LogP contribution in [0.25, 0.3) is 0 Å². The van der Waals surface area contributed by atoms with Crippen LogP contribution in [0.2, 0.25) is 0 Å². The van der Waals surface area contributed by atoms with Gasteiger partial charge in [-0.2, -0.15) is 0 Å². The van der Waals surface area contributed by atoms with Gasteiger partial charge in [0.2, 0.25) is 0 Å². The summed E-state index contributed by atoms with van der Waals surface area (Å²) in [5.41, 5.74) is 0. The molecule has 3 rings (SSSR count). The van der Waals surface area contributed by atoms with Crippen LogP contribution < -0.4 is 0 Å². The van der Waals surface area contributed by atoms with E-state index >= 15 is 0 Å². The molecule has 3 aliphatic rings. The van der Waals surface area contributed by atoms with Crippen molar-refractivity contribution < 1.29 is 19.0 Å². The first-order valence-electron chi connectivity index (χ1n) is 5.18. The summed E-state index contributed by atoms with van der Waals surface area (Å²) in [5.74, 6) is 0.0784. The average molecular weight is 198 g/mol. The largest absolute Gasteiger partial charge is 0.380 e. The first kappa shape index (κ1) is 8.83. The van der Waals surface area contributed by atoms with Gasteiger partial charge < -0.3 is 14.2 Å². The van der Waals surface area contributed by atoms with Crippen molar-refractivity contribution >= 4 is 5.78 Å². The number of rotatable bonds is 0. The fourth-order valence-electron chi connectivity index (χ4n) is 2.87. The van der Waals surface area contributed by atoms with Gasteiger partial charge in [0.05, 0.1) is 26.4 Å². The summed E-state index contributed by atoms with van der Waals surface area (Å²) < 4.78 is 16.9. The molecule has 3 fully saturated rings. The van der Waals surface area contributed by atoms with Gasteiger partial charge in [0, 0.05) is 24.7 Å². The lowest BCUT2D eigenvalue weighted by molar-refractivity contribution is -0.281. The van der Waals surface area contributed by atoms with Gasteiger partial charge in [0.15, 0.2) is 5.79 Å². The van der Waals surface area contributed by atoms with Crippen LogP contribution >= 0.6 is 0 Å². The van der Waals surface area contributed by atoms with Gasteiger partial charge in [-0.05, 0) is 0 Å². The van der Waals surface area contributed by atoms with E-state index in [1.54, 1.807) is 0 Å². The number of ether oxygens (including phenoxy) is 3. The highest BCUT2D eigenvalue weighted by Crippen LogP contribution is 2.45. The third-order valence-corrected chi connectivity index (χ3v) is 3.46. The van der Waals surface area contributed by atoms with Gasteiger partial charge >= 0.3 is 0 Å². The molecule has 0 amide bonds. The van der Waals surface area contributed by atoms with Gasteiger partial charge in [-0.15, -0.1) is 0 Å². The van der Waals surface area contributed by atoms with E-state index in [0.717, 1.165) is 0 Å². The fraction of sp³-hybridized carbons (Fsp3) is 0.900. The van der Waals surface area contributed by atoms with Crippen LogP contribution in [0.3, 0.4) is 0 Å². The molecule has 1 aliphatic carbocycles. The van der Waals surface area contributed by atoms with E-state index in [1.165, 1.54) is 0 Å². The van der Waals surface area contributed by atoms with Crippen molar-refractivity contribution in [2.45, 2.75) is 18.6 Å². The van der Waals surface area contributed by atoms with Gasteiger partial charge in [-0.25, -0.2) is 0 Å². The van der Waals surface area contributed by atoms with Gasteiger partial charge in [-0.3, -0.25) is 4.79 Å². The molecule has 0 aromatic rings. The van der Waals surface area contributed by atoms with Gasteiger partial charge in [0.25, 0.3) is 0 Å². The lowest BCUT2D eigenvalue weighted by Crippen LogP contribution is -2.57. The van der Waals surface area contributed by atoms with Crippen molar-refractivity contribution in [2.24, 2.45) is 11.8 Å². The first-order valence-corrected chi connectivity index (χ1v) is 5.18. The summed E-state index contributed by atoms with van der Waals surface area (Å²) in [4.78, 5) is 11.5. The molecule has 0 aromatic heterocycles. The Morgan fingerprint density at radius 1 is 1.07 bits per heavy atom. The van der Waals surface area contributed by atoms with Crippen molar-refractivity contribution in [1.82, 2.24) is 0 Å². The fourth-order valence-corrected chi connectivity index (χ4v) is 2.87. The zero-order chi connectivity index (χ0) is 9.60. The molecule has 1 saturated carbocycles. The van der Waals surface area contributed by atoms with Crippen LogP contribution in [-0.2, 0) is 19.0 Å². The molecule has 2 aliphatic heterocycles. The van der Waals surface area contributed by atoms with Crippen LogP contribution in [0.1, 0.15) is 12.8 Å². The average Bonchev–Trinajstić information content (AvgIpc) is 2.58. The van der Waals surface area contributed by atoms with E-state index in [1.807, 2.05) is 0 Å². The second-order valence-electron chi connectivity index (χ2n) is 4.30. The Balaban J connectivity index is 1.92. The van der Waals surface area contributed by atoms with Crippen molar-refractivity contribution in [3.63, 3.8) is 0 Å². The minimum absolute atomic E-state index is 0.116. The molecular formula is C10H14O4. The lowest BCUT2D eigenvalue weighted by atomic mass is 9.74. The highest BCUT2D eigenvalue weighted by atomic mass is 16.7. The predicted molar refractivity (Wildman–Crippen MR) is 46.7 cm³/mol. The predicted octanol–water partition coefficient (Wildman–Crippen LogP) is 0.355. The Labute approximate surface area is 82.5 Å². The normalized spacial score (nSPS) is 40.4. The molecule has 2 unspecified atom stereocenters. The van der Waals surface area contributed by atoms with Crippen molar-refractivity contribution in [1.29, 1.82) is 0 Å². The molecule has 2 bridgehead atoms. The molecule has 2 saturated heterocycles. The summed E-state index contributed by atoms with van der Waals surface area (Å²) in [6.07, 6.45) is 1.10. The smallest absolute Gasteiger partial charge is 0.179 e. The van der Waals surface area contributed by atoms with E-state index in [2.05, 4.69) is 0 Å². The molecule has 0 N–H and O–H groups in total. The van der Waals surface area contributed by atoms with Crippen LogP contribution in [-0.4, -0.2) is 38.0 Å². The van der Waals surface area contributed by atoms with Crippen molar-refractivity contribution in [3.8, 4) is 0 Å². The van der Waals surface area contributed by atoms with Crippen LogP contribution in [0.5, 0.6) is 0 Å². The topological polar surface area (TPSA) is 44.8 Å². The van der Waals surface area contributed by atoms with Gasteiger partial charge in [0.1, 0.15) is 5.78 Å². The van der Waals surface area contributed by atoms with E-state index in [0.29, 0.717) is 45.1 Å². The zero-order valence-electron chi connectivity index (χ0n) is 8.03. The molecule has 0 aromatic carbocycles. The summed E-state index contributed by atoms with van der Waals surface area (Å²) in [6, 6.07) is 0.